The Balaban J connectivity index is 2.61. The van der Waals surface area contributed by atoms with Crippen LogP contribution in [0.3, 0.4) is 0 Å². The van der Waals surface area contributed by atoms with Crippen LogP contribution < -0.4 is 14.8 Å². The molecule has 7 nitrogen and oxygen atoms in total. The minimum Gasteiger partial charge on any atom is -0.463 e. The number of hydrogen-bond acceptors (Lipinski definition) is 7. The van der Waals surface area contributed by atoms with Gasteiger partial charge in [-0.25, -0.2) is 0 Å². The van der Waals surface area contributed by atoms with E-state index < -0.39 is 0 Å². The second-order valence-corrected chi connectivity index (χ2v) is 5.00. The van der Waals surface area contributed by atoms with E-state index in [-0.39, 0.29) is 0 Å². The summed E-state index contributed by atoms with van der Waals surface area (Å²) in [6, 6.07) is 0.626. The van der Waals surface area contributed by atoms with Crippen LogP contribution in [0.15, 0.2) is 0 Å². The summed E-state index contributed by atoms with van der Waals surface area (Å²) < 4.78 is 11.1. The maximum absolute atomic E-state index is 5.59. The topological polar surface area (TPSA) is 72.4 Å². The molecule has 0 spiro atoms. The zero-order chi connectivity index (χ0) is 15.5. The Morgan fingerprint density at radius 1 is 0.952 bits per heavy atom. The summed E-state index contributed by atoms with van der Waals surface area (Å²) in [5.74, 6) is 0.501. The molecule has 0 atom stereocenters. The van der Waals surface area contributed by atoms with Crippen molar-refractivity contribution in [1.29, 1.82) is 0 Å². The van der Waals surface area contributed by atoms with E-state index in [0.29, 0.717) is 31.2 Å². The molecule has 0 bridgehead atoms. The molecule has 0 amide bonds. The fourth-order valence-electron chi connectivity index (χ4n) is 1.52. The van der Waals surface area contributed by atoms with Crippen molar-refractivity contribution in [3.05, 3.63) is 0 Å². The first-order valence-electron chi connectivity index (χ1n) is 7.56. The van der Waals surface area contributed by atoms with Crippen LogP contribution in [0.5, 0.6) is 12.0 Å². The Hall–Kier alpha value is -1.63. The molecular weight excluding hydrogens is 270 g/mol. The molecule has 0 saturated heterocycles. The number of aromatic nitrogens is 3. The molecule has 120 valence electrons. The largest absolute Gasteiger partial charge is 0.463 e. The predicted octanol–water partition coefficient (Wildman–Crippen LogP) is 1.81. The maximum Gasteiger partial charge on any atom is 0.324 e. The van der Waals surface area contributed by atoms with E-state index in [9.17, 15) is 0 Å². The van der Waals surface area contributed by atoms with Gasteiger partial charge in [-0.2, -0.15) is 9.97 Å². The molecule has 1 rings (SSSR count). The Morgan fingerprint density at radius 2 is 1.62 bits per heavy atom. The molecule has 21 heavy (non-hydrogen) atoms. The number of anilines is 1. The molecule has 0 radical (unpaired) electrons. The van der Waals surface area contributed by atoms with E-state index in [4.69, 9.17) is 9.47 Å². The number of rotatable bonds is 11. The molecule has 0 fully saturated rings. The molecule has 0 aromatic carbocycles. The highest BCUT2D eigenvalue weighted by Gasteiger charge is 2.08. The van der Waals surface area contributed by atoms with E-state index >= 15 is 0 Å². The fraction of sp³-hybridized carbons (Fsp3) is 0.786. The number of hydrogen-bond donors (Lipinski definition) is 1. The van der Waals surface area contributed by atoms with Crippen molar-refractivity contribution in [3.8, 4) is 12.0 Å². The third-order valence-electron chi connectivity index (χ3n) is 2.54. The maximum atomic E-state index is 5.59. The summed E-state index contributed by atoms with van der Waals surface area (Å²) in [6.45, 7) is 7.04. The average molecular weight is 297 g/mol. The van der Waals surface area contributed by atoms with Gasteiger partial charge in [0.25, 0.3) is 0 Å². The van der Waals surface area contributed by atoms with Crippen LogP contribution in [-0.4, -0.2) is 60.3 Å². The lowest BCUT2D eigenvalue weighted by atomic mass is 10.4. The van der Waals surface area contributed by atoms with Crippen LogP contribution in [0.4, 0.5) is 5.95 Å². The van der Waals surface area contributed by atoms with E-state index in [2.05, 4.69) is 32.1 Å². The minimum absolute atomic E-state index is 0.313. The van der Waals surface area contributed by atoms with Gasteiger partial charge >= 0.3 is 12.0 Å². The highest BCUT2D eigenvalue weighted by molar-refractivity contribution is 5.27. The lowest BCUT2D eigenvalue weighted by molar-refractivity contribution is 0.248. The second-order valence-electron chi connectivity index (χ2n) is 5.00. The van der Waals surface area contributed by atoms with Crippen molar-refractivity contribution >= 4 is 5.95 Å². The van der Waals surface area contributed by atoms with Gasteiger partial charge in [-0.3, -0.25) is 0 Å². The molecule has 7 heteroatoms. The van der Waals surface area contributed by atoms with Crippen LogP contribution in [0, 0.1) is 0 Å². The molecule has 0 saturated carbocycles. The highest BCUT2D eigenvalue weighted by atomic mass is 16.5. The molecule has 1 aromatic heterocycles. The van der Waals surface area contributed by atoms with E-state index in [1.807, 2.05) is 21.0 Å². The summed E-state index contributed by atoms with van der Waals surface area (Å²) in [5, 5.41) is 3.13. The van der Waals surface area contributed by atoms with Crippen molar-refractivity contribution in [1.82, 2.24) is 19.9 Å². The van der Waals surface area contributed by atoms with Crippen molar-refractivity contribution in [2.45, 2.75) is 33.1 Å². The van der Waals surface area contributed by atoms with E-state index in [0.717, 1.165) is 32.4 Å². The van der Waals surface area contributed by atoms with Crippen LogP contribution in [-0.2, 0) is 0 Å². The summed E-state index contributed by atoms with van der Waals surface area (Å²) in [5.41, 5.74) is 0. The van der Waals surface area contributed by atoms with Crippen molar-refractivity contribution in [2.75, 3.05) is 45.7 Å². The summed E-state index contributed by atoms with van der Waals surface area (Å²) in [6.07, 6.45) is 2.82. The van der Waals surface area contributed by atoms with Crippen LogP contribution in [0.1, 0.15) is 33.1 Å². The van der Waals surface area contributed by atoms with Crippen LogP contribution in [0.2, 0.25) is 0 Å². The van der Waals surface area contributed by atoms with Gasteiger partial charge < -0.3 is 19.7 Å². The Bertz CT molecular complexity index is 375. The Labute approximate surface area is 127 Å². The lowest BCUT2D eigenvalue weighted by Gasteiger charge is -2.11. The number of nitrogens with zero attached hydrogens (tertiary/aromatic N) is 4. The number of ether oxygens (including phenoxy) is 2. The molecule has 0 aliphatic carbocycles. The van der Waals surface area contributed by atoms with Gasteiger partial charge in [0.05, 0.1) is 13.2 Å². The fourth-order valence-corrected chi connectivity index (χ4v) is 1.52. The quantitative estimate of drug-likeness (QED) is 0.624. The van der Waals surface area contributed by atoms with E-state index in [1.54, 1.807) is 0 Å². The Morgan fingerprint density at radius 3 is 2.19 bits per heavy atom. The normalized spacial score (nSPS) is 10.7. The van der Waals surface area contributed by atoms with Crippen molar-refractivity contribution < 1.29 is 9.47 Å². The minimum atomic E-state index is 0.313. The SMILES string of the molecule is CCCNc1nc(OCCC)nc(OCCCN(C)C)n1. The molecule has 1 N–H and O–H groups in total. The molecule has 0 aliphatic rings. The lowest BCUT2D eigenvalue weighted by Crippen LogP contribution is -2.16. The molecule has 0 unspecified atom stereocenters. The first-order valence-corrected chi connectivity index (χ1v) is 7.56. The molecule has 1 aromatic rings. The predicted molar refractivity (Wildman–Crippen MR) is 83.1 cm³/mol. The van der Waals surface area contributed by atoms with Gasteiger partial charge in [0.15, 0.2) is 0 Å². The third-order valence-corrected chi connectivity index (χ3v) is 2.54. The van der Waals surface area contributed by atoms with E-state index in [1.165, 1.54) is 0 Å². The van der Waals surface area contributed by atoms with Gasteiger partial charge in [0.1, 0.15) is 0 Å². The monoisotopic (exact) mass is 297 g/mol. The van der Waals surface area contributed by atoms with Gasteiger partial charge in [0.2, 0.25) is 5.95 Å². The van der Waals surface area contributed by atoms with Crippen LogP contribution in [0.25, 0.3) is 0 Å². The standard InChI is InChI=1S/C14H27N5O2/c1-5-8-15-12-16-13(20-10-6-2)18-14(17-12)21-11-7-9-19(3)4/h5-11H2,1-4H3,(H,15,16,17,18). The zero-order valence-corrected chi connectivity index (χ0v) is 13.6. The van der Waals surface area contributed by atoms with Gasteiger partial charge in [0, 0.05) is 13.1 Å². The average Bonchev–Trinajstić information content (AvgIpc) is 2.47. The number of nitrogens with one attached hydrogen (secondary N) is 1. The molecule has 0 aliphatic heterocycles. The van der Waals surface area contributed by atoms with Gasteiger partial charge in [-0.15, -0.1) is 4.98 Å². The van der Waals surface area contributed by atoms with Gasteiger partial charge in [-0.05, 0) is 33.4 Å². The Kier molecular flexibility index (Phi) is 8.42. The summed E-state index contributed by atoms with van der Waals surface area (Å²) in [4.78, 5) is 14.8. The molecule has 1 heterocycles. The van der Waals surface area contributed by atoms with Gasteiger partial charge in [-0.1, -0.05) is 13.8 Å². The van der Waals surface area contributed by atoms with Crippen LogP contribution >= 0.6 is 0 Å². The highest BCUT2D eigenvalue weighted by Crippen LogP contribution is 2.13. The smallest absolute Gasteiger partial charge is 0.324 e. The zero-order valence-electron chi connectivity index (χ0n) is 13.6. The summed E-state index contributed by atoms with van der Waals surface area (Å²) in [7, 11) is 4.07. The molecular formula is C14H27N5O2. The first-order chi connectivity index (χ1) is 10.2. The third kappa shape index (κ3) is 7.65. The summed E-state index contributed by atoms with van der Waals surface area (Å²) >= 11 is 0. The first kappa shape index (κ1) is 17.4. The second kappa shape index (κ2) is 10.1. The van der Waals surface area contributed by atoms with Crippen molar-refractivity contribution in [3.63, 3.8) is 0 Å². The van der Waals surface area contributed by atoms with Crippen molar-refractivity contribution in [2.24, 2.45) is 0 Å².